The van der Waals surface area contributed by atoms with Crippen molar-refractivity contribution < 1.29 is 31.9 Å². The molecule has 0 aliphatic carbocycles. The van der Waals surface area contributed by atoms with E-state index in [0.29, 0.717) is 83.1 Å². The second-order valence-electron chi connectivity index (χ2n) is 19.3. The number of nitro benzene ring substituents is 1. The van der Waals surface area contributed by atoms with Gasteiger partial charge in [-0.05, 0) is 130 Å². The Morgan fingerprint density at radius 1 is 0.863 bits per heavy atom. The highest BCUT2D eigenvalue weighted by molar-refractivity contribution is 7.99. The van der Waals surface area contributed by atoms with Gasteiger partial charge in [-0.3, -0.25) is 19.3 Å². The van der Waals surface area contributed by atoms with Crippen LogP contribution in [0.5, 0.6) is 0 Å². The minimum Gasteiger partial charge on any atom is -0.393 e. The van der Waals surface area contributed by atoms with E-state index in [4.69, 9.17) is 16.1 Å². The monoisotopic (exact) mass is 1070 g/mol. The van der Waals surface area contributed by atoms with Gasteiger partial charge in [0.05, 0.1) is 40.1 Å². The van der Waals surface area contributed by atoms with E-state index in [0.717, 1.165) is 55.0 Å². The highest BCUT2D eigenvalue weighted by Gasteiger charge is 2.41. The maximum absolute atomic E-state index is 15.8. The Morgan fingerprint density at radius 3 is 2.16 bits per heavy atom. The summed E-state index contributed by atoms with van der Waals surface area (Å²) in [5, 5.41) is 27.0. The van der Waals surface area contributed by atoms with Crippen molar-refractivity contribution in [3.8, 4) is 22.4 Å². The number of aromatic nitrogens is 1. The number of sulfone groups is 1. The number of halogens is 2. The van der Waals surface area contributed by atoms with Gasteiger partial charge in [0.25, 0.3) is 5.69 Å². The molecule has 73 heavy (non-hydrogen) atoms. The van der Waals surface area contributed by atoms with Crippen LogP contribution in [0.1, 0.15) is 44.8 Å². The number of nitrogens with one attached hydrogen (secondary N) is 1. The number of likely N-dealkylation sites (tertiary alicyclic amines) is 1. The fourth-order valence-electron chi connectivity index (χ4n) is 10.4. The molecule has 0 spiro atoms. The van der Waals surface area contributed by atoms with Crippen molar-refractivity contribution in [1.82, 2.24) is 9.47 Å². The summed E-state index contributed by atoms with van der Waals surface area (Å²) in [6.07, 6.45) is 3.12. The van der Waals surface area contributed by atoms with E-state index in [2.05, 4.69) is 20.0 Å². The maximum Gasteiger partial charge on any atom is 0.326 e. The summed E-state index contributed by atoms with van der Waals surface area (Å²) >= 11 is 7.96. The van der Waals surface area contributed by atoms with Crippen molar-refractivity contribution in [2.75, 3.05) is 90.8 Å². The quantitative estimate of drug-likeness (QED) is 0.0386. The Kier molecular flexibility index (Phi) is 16.0. The van der Waals surface area contributed by atoms with Crippen molar-refractivity contribution in [3.63, 3.8) is 0 Å². The molecule has 3 saturated heterocycles. The highest BCUT2D eigenvalue weighted by Crippen LogP contribution is 2.56. The third kappa shape index (κ3) is 11.6. The fraction of sp³-hybridized carbons (Fsp3) is 0.370. The van der Waals surface area contributed by atoms with Crippen molar-refractivity contribution in [1.29, 1.82) is 0 Å². The van der Waals surface area contributed by atoms with Gasteiger partial charge in [0.1, 0.15) is 11.5 Å². The Hall–Kier alpha value is -5.39. The second kappa shape index (κ2) is 22.2. The van der Waals surface area contributed by atoms with Gasteiger partial charge in [-0.1, -0.05) is 41.9 Å². The predicted octanol–water partition coefficient (Wildman–Crippen LogP) is 10.9. The molecule has 3 aliphatic rings. The molecule has 1 aromatic heterocycles. The van der Waals surface area contributed by atoms with Crippen LogP contribution in [0.25, 0.3) is 22.4 Å². The first-order chi connectivity index (χ1) is 35.0. The molecular formula is C54H62ClFN7O7PS2. The average Bonchev–Trinajstić information content (AvgIpc) is 3.93. The number of aliphatic hydroxyl groups is 1. The molecule has 0 bridgehead atoms. The van der Waals surface area contributed by atoms with Gasteiger partial charge in [0, 0.05) is 114 Å². The first-order valence-electron chi connectivity index (χ1n) is 24.7. The zero-order chi connectivity index (χ0) is 51.6. The number of hydrogen-bond acceptors (Lipinski definition) is 12. The molecule has 0 amide bonds. The first kappa shape index (κ1) is 52.5. The normalized spacial score (nSPS) is 18.4. The molecule has 5 aromatic carbocycles. The highest BCUT2D eigenvalue weighted by atomic mass is 35.5. The minimum atomic E-state index is -3.75. The fourth-order valence-corrected chi connectivity index (χ4v) is 15.0. The zero-order valence-corrected chi connectivity index (χ0v) is 44.8. The van der Waals surface area contributed by atoms with Crippen LogP contribution in [-0.2, 0) is 18.9 Å². The van der Waals surface area contributed by atoms with Crippen LogP contribution in [0, 0.1) is 22.9 Å². The van der Waals surface area contributed by atoms with Crippen molar-refractivity contribution >= 4 is 74.5 Å². The Labute approximate surface area is 436 Å². The number of rotatable bonds is 17. The van der Waals surface area contributed by atoms with Gasteiger partial charge >= 0.3 is 7.52 Å². The Bertz CT molecular complexity index is 3100. The van der Waals surface area contributed by atoms with Crippen LogP contribution < -0.4 is 25.1 Å². The van der Waals surface area contributed by atoms with Crippen molar-refractivity contribution in [2.24, 2.45) is 0 Å². The largest absolute Gasteiger partial charge is 0.393 e. The number of nitro groups is 1. The summed E-state index contributed by atoms with van der Waals surface area (Å²) in [7, 11) is -7.50. The number of piperidine rings is 1. The van der Waals surface area contributed by atoms with Gasteiger partial charge in [0.2, 0.25) is 0 Å². The third-order valence-corrected chi connectivity index (χ3v) is 19.2. The van der Waals surface area contributed by atoms with E-state index >= 15 is 4.39 Å². The molecule has 0 radical (unpaired) electrons. The molecule has 3 fully saturated rings. The zero-order valence-electron chi connectivity index (χ0n) is 41.5. The van der Waals surface area contributed by atoms with Crippen molar-refractivity contribution in [2.45, 2.75) is 68.0 Å². The number of nitrogens with zero attached hydrogens (tertiary/aromatic N) is 6. The molecule has 6 aromatic rings. The Balaban J connectivity index is 0.902. The summed E-state index contributed by atoms with van der Waals surface area (Å²) in [4.78, 5) is 20.2. The number of benzene rings is 5. The van der Waals surface area contributed by atoms with E-state index in [9.17, 15) is 28.2 Å². The Morgan fingerprint density at radius 2 is 1.52 bits per heavy atom. The van der Waals surface area contributed by atoms with Crippen LogP contribution in [0.4, 0.5) is 32.8 Å². The first-order valence-corrected chi connectivity index (χ1v) is 29.6. The van der Waals surface area contributed by atoms with E-state index in [1.165, 1.54) is 24.5 Å². The molecule has 3 aliphatic heterocycles. The maximum atomic E-state index is 15.8. The topological polar surface area (TPSA) is 154 Å². The molecule has 4 heterocycles. The summed E-state index contributed by atoms with van der Waals surface area (Å²) in [5.41, 5.74) is 5.37. The number of hydrogen-bond donors (Lipinski definition) is 2. The summed E-state index contributed by atoms with van der Waals surface area (Å²) in [5.74, 6) is 0.197. The van der Waals surface area contributed by atoms with Crippen LogP contribution in [-0.4, -0.2) is 111 Å². The van der Waals surface area contributed by atoms with Crippen LogP contribution in [0.15, 0.2) is 125 Å². The predicted molar refractivity (Wildman–Crippen MR) is 294 cm³/mol. The van der Waals surface area contributed by atoms with Gasteiger partial charge in [-0.15, -0.1) is 11.8 Å². The SMILES string of the molecule is Cc1c(S(C)(=O)=O)c(-c2cc(F)cc(N3CCN(c4ccc(N5CCO[P@@]5(=O)c5ccc(N[C@H](CCN6CCC(O)CC6)CSc6ccccc6)c([N+](=O)[O-])c5)cc4)CC3)c2)c(-c2ccc(Cl)cc2)n1C(C)C. The van der Waals surface area contributed by atoms with Gasteiger partial charge in [0.15, 0.2) is 9.84 Å². The molecular weight excluding hydrogens is 1010 g/mol. The third-order valence-electron chi connectivity index (χ3n) is 14.0. The van der Waals surface area contributed by atoms with E-state index in [1.54, 1.807) is 47.6 Å². The van der Waals surface area contributed by atoms with Crippen LogP contribution in [0.2, 0.25) is 5.02 Å². The van der Waals surface area contributed by atoms with Crippen LogP contribution >= 0.6 is 30.9 Å². The molecule has 19 heteroatoms. The molecule has 2 N–H and O–H groups in total. The molecule has 9 rings (SSSR count). The van der Waals surface area contributed by atoms with Gasteiger partial charge in [-0.25, -0.2) is 12.8 Å². The second-order valence-corrected chi connectivity index (χ2v) is 25.1. The number of aliphatic hydroxyl groups excluding tert-OH is 1. The lowest BCUT2D eigenvalue weighted by Crippen LogP contribution is -2.46. The van der Waals surface area contributed by atoms with E-state index < -0.39 is 28.1 Å². The lowest BCUT2D eigenvalue weighted by molar-refractivity contribution is -0.383. The number of piperazine rings is 1. The van der Waals surface area contributed by atoms with Crippen molar-refractivity contribution in [3.05, 3.63) is 142 Å². The molecule has 0 unspecified atom stereocenters. The minimum absolute atomic E-state index is 0.0974. The number of anilines is 4. The van der Waals surface area contributed by atoms with Gasteiger partial charge in [-0.2, -0.15) is 0 Å². The van der Waals surface area contributed by atoms with Gasteiger partial charge < -0.3 is 34.2 Å². The summed E-state index contributed by atoms with van der Waals surface area (Å²) < 4.78 is 67.5. The summed E-state index contributed by atoms with van der Waals surface area (Å²) in [6.45, 7) is 11.1. The smallest absolute Gasteiger partial charge is 0.326 e. The average molecular weight is 1070 g/mol. The molecule has 14 nitrogen and oxygen atoms in total. The van der Waals surface area contributed by atoms with E-state index in [1.807, 2.05) is 91.2 Å². The molecule has 2 atom stereocenters. The number of thioether (sulfide) groups is 1. The summed E-state index contributed by atoms with van der Waals surface area (Å²) in [6, 6.07) is 34.3. The standard InChI is InChI=1S/C54H62ClFN7O7PS2/c1-37(2)62-38(3)54(73(4,68)69)52(53(62)39-10-12-41(55)13-11-39)40-32-42(56)34-46(33-40)60-28-26-59(27-29-60)44-14-16-45(17-15-44)61-30-31-70-71(61,67)48-18-19-50(51(35-48)63(65)66)57-43(36-72-49-8-6-5-7-9-49)20-23-58-24-21-47(64)22-25-58/h5-19,32-35,37,43,47,57,64H,20-31,36H2,1-4H3/t43-,71+/m1/s1. The lowest BCUT2D eigenvalue weighted by atomic mass is 9.99. The van der Waals surface area contributed by atoms with Crippen LogP contribution in [0.3, 0.4) is 0 Å². The lowest BCUT2D eigenvalue weighted by Gasteiger charge is -2.37. The van der Waals surface area contributed by atoms with E-state index in [-0.39, 0.29) is 40.7 Å². The molecule has 0 saturated carbocycles. The molecule has 386 valence electrons.